The number of hydrogen-bond acceptors (Lipinski definition) is 7. The average molecular weight is 651 g/mol. The summed E-state index contributed by atoms with van der Waals surface area (Å²) in [6.45, 7) is 0. The summed E-state index contributed by atoms with van der Waals surface area (Å²) in [5.41, 5.74) is 3.92. The van der Waals surface area contributed by atoms with Crippen molar-refractivity contribution in [1.29, 1.82) is 0 Å². The summed E-state index contributed by atoms with van der Waals surface area (Å²) < 4.78 is 11.7. The van der Waals surface area contributed by atoms with Crippen molar-refractivity contribution in [3.8, 4) is 11.5 Å². The van der Waals surface area contributed by atoms with Crippen LogP contribution in [0.4, 0.5) is 0 Å². The van der Waals surface area contributed by atoms with E-state index in [9.17, 15) is 14.4 Å². The molecule has 196 valence electrons. The number of amides is 2. The van der Waals surface area contributed by atoms with Crippen LogP contribution >= 0.6 is 33.9 Å². The smallest absolute Gasteiger partial charge is 0.344 e. The number of carbonyl (C=O) groups is 3. The standard InChI is InChI=1S/C29H22IN3O5S/c1-37-26-16-19(13-14-25(26)38-29(36)22-11-5-6-12-23(22)30)18-31-33-28(35)24(17-21-10-7-15-39-21)32-27(34)20-8-3-2-4-9-20/h2-18H,1H3,(H,32,34)(H,33,35)/b24-17+,31-18+. The molecule has 4 aromatic rings. The minimum absolute atomic E-state index is 0.0406. The van der Waals surface area contributed by atoms with Gasteiger partial charge in [-0.3, -0.25) is 9.59 Å². The van der Waals surface area contributed by atoms with Gasteiger partial charge in [-0.05, 0) is 88.1 Å². The second kappa shape index (κ2) is 13.5. The van der Waals surface area contributed by atoms with Crippen molar-refractivity contribution in [2.24, 2.45) is 5.10 Å². The van der Waals surface area contributed by atoms with Crippen LogP contribution in [0.3, 0.4) is 0 Å². The highest BCUT2D eigenvalue weighted by atomic mass is 127. The van der Waals surface area contributed by atoms with E-state index in [1.807, 2.05) is 29.6 Å². The van der Waals surface area contributed by atoms with Crippen molar-refractivity contribution >= 4 is 64.0 Å². The topological polar surface area (TPSA) is 106 Å². The molecule has 1 aromatic heterocycles. The summed E-state index contributed by atoms with van der Waals surface area (Å²) in [5, 5.41) is 8.54. The SMILES string of the molecule is COc1cc(/C=N/NC(=O)/C(=C\c2cccs2)NC(=O)c2ccccc2)ccc1OC(=O)c1ccccc1I. The molecule has 0 atom stereocenters. The number of hydrazone groups is 1. The van der Waals surface area contributed by atoms with Crippen LogP contribution in [-0.4, -0.2) is 31.1 Å². The third kappa shape index (κ3) is 7.62. The number of carbonyl (C=O) groups excluding carboxylic acids is 3. The molecule has 0 saturated heterocycles. The van der Waals surface area contributed by atoms with Gasteiger partial charge in [0, 0.05) is 14.0 Å². The number of nitrogens with zero attached hydrogens (tertiary/aromatic N) is 1. The van der Waals surface area contributed by atoms with Gasteiger partial charge in [-0.1, -0.05) is 36.4 Å². The molecule has 2 N–H and O–H groups in total. The van der Waals surface area contributed by atoms with E-state index in [1.54, 1.807) is 66.7 Å². The van der Waals surface area contributed by atoms with E-state index in [2.05, 4.69) is 38.4 Å². The van der Waals surface area contributed by atoms with Crippen LogP contribution in [0.1, 0.15) is 31.2 Å². The molecule has 0 radical (unpaired) electrons. The Morgan fingerprint density at radius 2 is 1.69 bits per heavy atom. The first-order valence-corrected chi connectivity index (χ1v) is 13.5. The Kier molecular flexibility index (Phi) is 9.59. The quantitative estimate of drug-likeness (QED) is 0.0621. The van der Waals surface area contributed by atoms with Gasteiger partial charge >= 0.3 is 5.97 Å². The fraction of sp³-hybridized carbons (Fsp3) is 0.0345. The fourth-order valence-electron chi connectivity index (χ4n) is 3.31. The highest BCUT2D eigenvalue weighted by Gasteiger charge is 2.16. The first kappa shape index (κ1) is 27.7. The van der Waals surface area contributed by atoms with E-state index in [0.717, 1.165) is 8.45 Å². The first-order chi connectivity index (χ1) is 18.9. The lowest BCUT2D eigenvalue weighted by atomic mass is 10.2. The van der Waals surface area contributed by atoms with E-state index >= 15 is 0 Å². The Morgan fingerprint density at radius 1 is 0.923 bits per heavy atom. The van der Waals surface area contributed by atoms with Crippen LogP contribution in [0, 0.1) is 3.57 Å². The molecule has 4 rings (SSSR count). The van der Waals surface area contributed by atoms with E-state index in [1.165, 1.54) is 24.7 Å². The zero-order valence-corrected chi connectivity index (χ0v) is 23.6. The molecule has 0 aliphatic carbocycles. The van der Waals surface area contributed by atoms with Crippen molar-refractivity contribution < 1.29 is 23.9 Å². The van der Waals surface area contributed by atoms with Crippen LogP contribution in [0.5, 0.6) is 11.5 Å². The van der Waals surface area contributed by atoms with Crippen LogP contribution < -0.4 is 20.2 Å². The summed E-state index contributed by atoms with van der Waals surface area (Å²) in [6.07, 6.45) is 2.99. The molecule has 39 heavy (non-hydrogen) atoms. The Morgan fingerprint density at radius 3 is 2.41 bits per heavy atom. The lowest BCUT2D eigenvalue weighted by molar-refractivity contribution is -0.117. The monoisotopic (exact) mass is 651 g/mol. The highest BCUT2D eigenvalue weighted by Crippen LogP contribution is 2.29. The van der Waals surface area contributed by atoms with Gasteiger partial charge in [0.05, 0.1) is 18.9 Å². The second-order valence-corrected chi connectivity index (χ2v) is 10.0. The molecule has 0 spiro atoms. The molecule has 0 fully saturated rings. The summed E-state index contributed by atoms with van der Waals surface area (Å²) in [7, 11) is 1.46. The zero-order chi connectivity index (χ0) is 27.6. The van der Waals surface area contributed by atoms with Crippen molar-refractivity contribution in [1.82, 2.24) is 10.7 Å². The van der Waals surface area contributed by atoms with Gasteiger partial charge in [0.2, 0.25) is 0 Å². The Balaban J connectivity index is 1.45. The Bertz CT molecular complexity index is 1540. The van der Waals surface area contributed by atoms with Crippen LogP contribution in [-0.2, 0) is 4.79 Å². The normalized spacial score (nSPS) is 11.2. The second-order valence-electron chi connectivity index (χ2n) is 7.87. The van der Waals surface area contributed by atoms with Crippen LogP contribution in [0.2, 0.25) is 0 Å². The van der Waals surface area contributed by atoms with Crippen molar-refractivity contribution in [2.45, 2.75) is 0 Å². The van der Waals surface area contributed by atoms with Gasteiger partial charge in [0.25, 0.3) is 11.8 Å². The van der Waals surface area contributed by atoms with Crippen LogP contribution in [0.25, 0.3) is 6.08 Å². The number of halogens is 1. The van der Waals surface area contributed by atoms with E-state index in [0.29, 0.717) is 22.4 Å². The van der Waals surface area contributed by atoms with E-state index in [4.69, 9.17) is 9.47 Å². The molecular weight excluding hydrogens is 629 g/mol. The molecule has 8 nitrogen and oxygen atoms in total. The molecule has 0 saturated carbocycles. The Hall–Kier alpha value is -4.29. The highest BCUT2D eigenvalue weighted by molar-refractivity contribution is 14.1. The number of ether oxygens (including phenoxy) is 2. The number of benzene rings is 3. The fourth-order valence-corrected chi connectivity index (χ4v) is 4.58. The van der Waals surface area contributed by atoms with Crippen molar-refractivity contribution in [3.05, 3.63) is 121 Å². The third-order valence-electron chi connectivity index (χ3n) is 5.22. The maximum absolute atomic E-state index is 12.9. The minimum atomic E-state index is -0.598. The minimum Gasteiger partial charge on any atom is -0.493 e. The molecule has 10 heteroatoms. The molecule has 3 aromatic carbocycles. The molecule has 0 aliphatic heterocycles. The van der Waals surface area contributed by atoms with E-state index < -0.39 is 17.8 Å². The van der Waals surface area contributed by atoms with Gasteiger partial charge in [-0.25, -0.2) is 10.2 Å². The molecule has 2 amide bonds. The van der Waals surface area contributed by atoms with Crippen molar-refractivity contribution in [3.63, 3.8) is 0 Å². The zero-order valence-electron chi connectivity index (χ0n) is 20.6. The number of nitrogens with one attached hydrogen (secondary N) is 2. The van der Waals surface area contributed by atoms with E-state index in [-0.39, 0.29) is 11.4 Å². The van der Waals surface area contributed by atoms with Crippen LogP contribution in [0.15, 0.2) is 101 Å². The van der Waals surface area contributed by atoms with Crippen molar-refractivity contribution in [2.75, 3.05) is 7.11 Å². The van der Waals surface area contributed by atoms with Gasteiger partial charge < -0.3 is 14.8 Å². The maximum Gasteiger partial charge on any atom is 0.344 e. The third-order valence-corrected chi connectivity index (χ3v) is 6.98. The summed E-state index contributed by atoms with van der Waals surface area (Å²) in [5.74, 6) is -0.961. The van der Waals surface area contributed by atoms with Gasteiger partial charge in [0.1, 0.15) is 5.70 Å². The average Bonchev–Trinajstić information content (AvgIpc) is 3.47. The number of thiophene rings is 1. The summed E-state index contributed by atoms with van der Waals surface area (Å²) >= 11 is 3.50. The molecule has 1 heterocycles. The predicted molar refractivity (Wildman–Crippen MR) is 159 cm³/mol. The maximum atomic E-state index is 12.9. The van der Waals surface area contributed by atoms with Gasteiger partial charge in [-0.2, -0.15) is 5.10 Å². The lowest BCUT2D eigenvalue weighted by Gasteiger charge is -2.11. The van der Waals surface area contributed by atoms with Gasteiger partial charge in [0.15, 0.2) is 11.5 Å². The number of esters is 1. The summed E-state index contributed by atoms with van der Waals surface area (Å²) in [6, 6.07) is 24.2. The molecular formula is C29H22IN3O5S. The largest absolute Gasteiger partial charge is 0.493 e. The van der Waals surface area contributed by atoms with Gasteiger partial charge in [-0.15, -0.1) is 11.3 Å². The number of rotatable bonds is 9. The molecule has 0 bridgehead atoms. The number of methoxy groups -OCH3 is 1. The lowest BCUT2D eigenvalue weighted by Crippen LogP contribution is -2.32. The molecule has 0 aliphatic rings. The first-order valence-electron chi connectivity index (χ1n) is 11.5. The molecule has 0 unspecified atom stereocenters. The number of hydrogen-bond donors (Lipinski definition) is 2. The Labute approximate surface area is 242 Å². The summed E-state index contributed by atoms with van der Waals surface area (Å²) in [4.78, 5) is 38.9. The predicted octanol–water partition coefficient (Wildman–Crippen LogP) is 5.50.